The molecule has 0 atom stereocenters. The second-order valence-electron chi connectivity index (χ2n) is 4.22. The predicted molar refractivity (Wildman–Crippen MR) is 84.7 cm³/mol. The number of hydrogen-bond donors (Lipinski definition) is 1. The first kappa shape index (κ1) is 13.5. The topological polar surface area (TPSA) is 51.8 Å². The Balaban J connectivity index is 2.26. The summed E-state index contributed by atoms with van der Waals surface area (Å²) in [5, 5.41) is 0.761. The van der Waals surface area contributed by atoms with Gasteiger partial charge in [0.25, 0.3) is 0 Å². The van der Waals surface area contributed by atoms with Gasteiger partial charge in [-0.1, -0.05) is 15.9 Å². The van der Waals surface area contributed by atoms with E-state index < -0.39 is 0 Å². The summed E-state index contributed by atoms with van der Waals surface area (Å²) >= 11 is 6.87. The summed E-state index contributed by atoms with van der Waals surface area (Å²) in [6.45, 7) is 0. The number of nitrogens with zero attached hydrogens (tertiary/aromatic N) is 2. The fourth-order valence-corrected chi connectivity index (χ4v) is 3.22. The van der Waals surface area contributed by atoms with Crippen molar-refractivity contribution >= 4 is 48.6 Å². The van der Waals surface area contributed by atoms with E-state index >= 15 is 0 Å². The van der Waals surface area contributed by atoms with Crippen LogP contribution >= 0.6 is 31.9 Å². The van der Waals surface area contributed by atoms with Crippen molar-refractivity contribution in [2.24, 2.45) is 0 Å². The Morgan fingerprint density at radius 2 is 1.70 bits per heavy atom. The van der Waals surface area contributed by atoms with Crippen LogP contribution in [-0.2, 0) is 0 Å². The van der Waals surface area contributed by atoms with E-state index in [1.54, 1.807) is 12.1 Å². The first-order valence-corrected chi connectivity index (χ1v) is 7.31. The smallest absolute Gasteiger partial charge is 0.162 e. The van der Waals surface area contributed by atoms with E-state index in [-0.39, 0.29) is 5.82 Å². The predicted octanol–water partition coefficient (Wildman–Crippen LogP) is 4.54. The third kappa shape index (κ3) is 2.41. The van der Waals surface area contributed by atoms with Crippen molar-refractivity contribution in [1.82, 2.24) is 9.97 Å². The van der Waals surface area contributed by atoms with Crippen molar-refractivity contribution < 1.29 is 4.39 Å². The number of nitrogens with two attached hydrogens (primary N) is 1. The maximum absolute atomic E-state index is 13.0. The molecule has 0 fully saturated rings. The molecular formula is C14H8Br2FN3. The molecule has 0 aliphatic rings. The number of hydrogen-bond acceptors (Lipinski definition) is 3. The summed E-state index contributed by atoms with van der Waals surface area (Å²) in [4.78, 5) is 8.78. The zero-order valence-electron chi connectivity index (χ0n) is 10.1. The molecule has 1 heterocycles. The summed E-state index contributed by atoms with van der Waals surface area (Å²) in [7, 11) is 0. The zero-order chi connectivity index (χ0) is 14.3. The highest BCUT2D eigenvalue weighted by Crippen LogP contribution is 2.31. The highest BCUT2D eigenvalue weighted by molar-refractivity contribution is 9.11. The van der Waals surface area contributed by atoms with Crippen molar-refractivity contribution in [3.05, 3.63) is 51.2 Å². The van der Waals surface area contributed by atoms with Gasteiger partial charge in [-0.3, -0.25) is 0 Å². The minimum absolute atomic E-state index is 0.298. The number of rotatable bonds is 1. The van der Waals surface area contributed by atoms with Gasteiger partial charge < -0.3 is 5.73 Å². The maximum Gasteiger partial charge on any atom is 0.162 e. The molecule has 0 bridgehead atoms. The normalized spacial score (nSPS) is 10.9. The van der Waals surface area contributed by atoms with Gasteiger partial charge >= 0.3 is 0 Å². The van der Waals surface area contributed by atoms with Crippen LogP contribution in [0.25, 0.3) is 22.3 Å². The number of nitrogen functional groups attached to an aromatic ring is 1. The zero-order valence-corrected chi connectivity index (χ0v) is 13.2. The van der Waals surface area contributed by atoms with Crippen LogP contribution in [0.3, 0.4) is 0 Å². The first-order chi connectivity index (χ1) is 9.54. The molecule has 6 heteroatoms. The lowest BCUT2D eigenvalue weighted by Crippen LogP contribution is -1.98. The summed E-state index contributed by atoms with van der Waals surface area (Å²) in [5.74, 6) is 0.557. The molecule has 1 aromatic heterocycles. The fourth-order valence-electron chi connectivity index (χ4n) is 1.91. The van der Waals surface area contributed by atoms with Gasteiger partial charge in [0, 0.05) is 19.9 Å². The molecule has 0 unspecified atom stereocenters. The first-order valence-electron chi connectivity index (χ1n) is 5.73. The molecular weight excluding hydrogens is 389 g/mol. The van der Waals surface area contributed by atoms with Crippen LogP contribution < -0.4 is 5.73 Å². The van der Waals surface area contributed by atoms with Crippen molar-refractivity contribution in [3.8, 4) is 11.4 Å². The highest BCUT2D eigenvalue weighted by Gasteiger charge is 2.11. The molecule has 2 N–H and O–H groups in total. The number of aromatic nitrogens is 2. The molecule has 3 nitrogen and oxygen atoms in total. The van der Waals surface area contributed by atoms with E-state index in [1.165, 1.54) is 12.1 Å². The van der Waals surface area contributed by atoms with Crippen molar-refractivity contribution in [1.29, 1.82) is 0 Å². The van der Waals surface area contributed by atoms with Crippen molar-refractivity contribution in [2.75, 3.05) is 5.73 Å². The van der Waals surface area contributed by atoms with Crippen molar-refractivity contribution in [2.45, 2.75) is 0 Å². The van der Waals surface area contributed by atoms with Crippen LogP contribution in [0.5, 0.6) is 0 Å². The Morgan fingerprint density at radius 1 is 1.00 bits per heavy atom. The Hall–Kier alpha value is -1.53. The lowest BCUT2D eigenvalue weighted by molar-refractivity contribution is 0.628. The number of anilines is 1. The molecule has 20 heavy (non-hydrogen) atoms. The van der Waals surface area contributed by atoms with E-state index in [0.717, 1.165) is 25.4 Å². The standard InChI is InChI=1S/C14H8Br2FN3/c15-8-5-10-12(11(16)6-8)19-14(20-13(10)18)7-1-3-9(17)4-2-7/h1-6H,(H2,18,19,20). The number of fused-ring (bicyclic) bond motifs is 1. The molecule has 0 spiro atoms. The van der Waals surface area contributed by atoms with Gasteiger partial charge in [-0.2, -0.15) is 0 Å². The van der Waals surface area contributed by atoms with E-state index in [9.17, 15) is 4.39 Å². The monoisotopic (exact) mass is 395 g/mol. The molecule has 0 saturated heterocycles. The van der Waals surface area contributed by atoms with E-state index in [0.29, 0.717) is 11.6 Å². The van der Waals surface area contributed by atoms with Gasteiger partial charge in [0.2, 0.25) is 0 Å². The molecule has 3 aromatic rings. The van der Waals surface area contributed by atoms with Gasteiger partial charge in [0.15, 0.2) is 5.82 Å². The lowest BCUT2D eigenvalue weighted by Gasteiger charge is -2.07. The van der Waals surface area contributed by atoms with Crippen LogP contribution in [0.1, 0.15) is 0 Å². The van der Waals surface area contributed by atoms with Crippen LogP contribution in [0.2, 0.25) is 0 Å². The SMILES string of the molecule is Nc1nc(-c2ccc(F)cc2)nc2c(Br)cc(Br)cc12. The second kappa shape index (κ2) is 5.10. The minimum atomic E-state index is -0.298. The Labute approximate surface area is 131 Å². The number of benzene rings is 2. The average molecular weight is 397 g/mol. The Kier molecular flexibility index (Phi) is 3.43. The van der Waals surface area contributed by atoms with Gasteiger partial charge in [-0.15, -0.1) is 0 Å². The summed E-state index contributed by atoms with van der Waals surface area (Å²) in [6.07, 6.45) is 0. The van der Waals surface area contributed by atoms with Gasteiger partial charge in [0.05, 0.1) is 5.52 Å². The lowest BCUT2D eigenvalue weighted by atomic mass is 10.2. The molecule has 0 aliphatic carbocycles. The van der Waals surface area contributed by atoms with Crippen LogP contribution in [0, 0.1) is 5.82 Å². The summed E-state index contributed by atoms with van der Waals surface area (Å²) in [5.41, 5.74) is 7.43. The van der Waals surface area contributed by atoms with E-state index in [4.69, 9.17) is 5.73 Å². The largest absolute Gasteiger partial charge is 0.383 e. The van der Waals surface area contributed by atoms with Gasteiger partial charge in [-0.05, 0) is 52.3 Å². The van der Waals surface area contributed by atoms with Crippen LogP contribution in [0.4, 0.5) is 10.2 Å². The van der Waals surface area contributed by atoms with Crippen molar-refractivity contribution in [3.63, 3.8) is 0 Å². The molecule has 0 radical (unpaired) electrons. The second-order valence-corrected chi connectivity index (χ2v) is 5.99. The maximum atomic E-state index is 13.0. The molecule has 3 rings (SSSR count). The molecule has 0 aliphatic heterocycles. The van der Waals surface area contributed by atoms with E-state index in [1.807, 2.05) is 12.1 Å². The van der Waals surface area contributed by atoms with E-state index in [2.05, 4.69) is 41.8 Å². The molecule has 0 saturated carbocycles. The Morgan fingerprint density at radius 3 is 2.40 bits per heavy atom. The highest BCUT2D eigenvalue weighted by atomic mass is 79.9. The van der Waals surface area contributed by atoms with Gasteiger partial charge in [0.1, 0.15) is 11.6 Å². The molecule has 2 aromatic carbocycles. The van der Waals surface area contributed by atoms with Crippen LogP contribution in [-0.4, -0.2) is 9.97 Å². The quantitative estimate of drug-likeness (QED) is 0.656. The molecule has 100 valence electrons. The minimum Gasteiger partial charge on any atom is -0.383 e. The Bertz CT molecular complexity index is 804. The average Bonchev–Trinajstić information content (AvgIpc) is 2.40. The third-order valence-electron chi connectivity index (χ3n) is 2.85. The van der Waals surface area contributed by atoms with Gasteiger partial charge in [-0.25, -0.2) is 14.4 Å². The fraction of sp³-hybridized carbons (Fsp3) is 0. The third-order valence-corrected chi connectivity index (χ3v) is 3.91. The summed E-state index contributed by atoms with van der Waals surface area (Å²) in [6, 6.07) is 9.75. The molecule has 0 amide bonds. The summed E-state index contributed by atoms with van der Waals surface area (Å²) < 4.78 is 14.7. The van der Waals surface area contributed by atoms with Crippen LogP contribution in [0.15, 0.2) is 45.3 Å². The number of halogens is 3.